The summed E-state index contributed by atoms with van der Waals surface area (Å²) in [6.45, 7) is 0. The van der Waals surface area contributed by atoms with E-state index in [2.05, 4.69) is 19.9 Å². The van der Waals surface area contributed by atoms with Gasteiger partial charge in [0.25, 0.3) is 0 Å². The van der Waals surface area contributed by atoms with Gasteiger partial charge in [-0.2, -0.15) is 0 Å². The van der Waals surface area contributed by atoms with Crippen LogP contribution in [0.25, 0.3) is 22.4 Å². The van der Waals surface area contributed by atoms with Gasteiger partial charge in [-0.1, -0.05) is 11.6 Å². The van der Waals surface area contributed by atoms with Crippen molar-refractivity contribution < 1.29 is 0 Å². The second-order valence-corrected chi connectivity index (χ2v) is 3.86. The third kappa shape index (κ3) is 1.94. The van der Waals surface area contributed by atoms with Crippen LogP contribution in [0.1, 0.15) is 0 Å². The van der Waals surface area contributed by atoms with Gasteiger partial charge in [0.15, 0.2) is 5.65 Å². The molecule has 0 spiro atoms. The lowest BCUT2D eigenvalue weighted by atomic mass is 10.2. The molecule has 3 aromatic heterocycles. The molecular formula is C12H7ClN4. The summed E-state index contributed by atoms with van der Waals surface area (Å²) in [4.78, 5) is 16.8. The molecule has 0 bridgehead atoms. The van der Waals surface area contributed by atoms with Crippen molar-refractivity contribution in [3.8, 4) is 11.3 Å². The molecular weight excluding hydrogens is 236 g/mol. The van der Waals surface area contributed by atoms with E-state index in [4.69, 9.17) is 11.6 Å². The summed E-state index contributed by atoms with van der Waals surface area (Å²) in [6, 6.07) is 7.25. The number of rotatable bonds is 1. The van der Waals surface area contributed by atoms with E-state index in [9.17, 15) is 0 Å². The number of pyridine rings is 2. The van der Waals surface area contributed by atoms with Crippen LogP contribution < -0.4 is 0 Å². The Morgan fingerprint density at radius 3 is 2.59 bits per heavy atom. The Morgan fingerprint density at radius 2 is 1.76 bits per heavy atom. The molecule has 0 unspecified atom stereocenters. The Balaban J connectivity index is 2.19. The first kappa shape index (κ1) is 10.1. The molecule has 0 atom stereocenters. The Morgan fingerprint density at radius 1 is 0.941 bits per heavy atom. The van der Waals surface area contributed by atoms with Crippen LogP contribution in [0.4, 0.5) is 0 Å². The van der Waals surface area contributed by atoms with Crippen LogP contribution in [0, 0.1) is 0 Å². The standard InChI is InChI=1S/C12H7ClN4/c13-11-2-1-9-12(17-11)16-10(7-15-9)8-3-5-14-6-4-8/h1-7H. The van der Waals surface area contributed by atoms with E-state index in [0.29, 0.717) is 10.8 Å². The van der Waals surface area contributed by atoms with Crippen molar-refractivity contribution in [3.05, 3.63) is 48.0 Å². The number of nitrogens with zero attached hydrogens (tertiary/aromatic N) is 4. The third-order valence-corrected chi connectivity index (χ3v) is 2.56. The van der Waals surface area contributed by atoms with Crippen molar-refractivity contribution in [3.63, 3.8) is 0 Å². The van der Waals surface area contributed by atoms with Gasteiger partial charge in [0.05, 0.1) is 11.9 Å². The van der Waals surface area contributed by atoms with Crippen LogP contribution in [0.15, 0.2) is 42.9 Å². The molecule has 0 radical (unpaired) electrons. The number of hydrogen-bond donors (Lipinski definition) is 0. The Bertz CT molecular complexity index is 670. The Labute approximate surface area is 102 Å². The van der Waals surface area contributed by atoms with Crippen molar-refractivity contribution in [2.75, 3.05) is 0 Å². The van der Waals surface area contributed by atoms with Gasteiger partial charge >= 0.3 is 0 Å². The summed E-state index contributed by atoms with van der Waals surface area (Å²) < 4.78 is 0. The van der Waals surface area contributed by atoms with E-state index in [1.807, 2.05) is 12.1 Å². The Hall–Kier alpha value is -2.07. The van der Waals surface area contributed by atoms with E-state index in [1.54, 1.807) is 30.7 Å². The first-order chi connectivity index (χ1) is 8.33. The normalized spacial score (nSPS) is 10.6. The first-order valence-corrected chi connectivity index (χ1v) is 5.40. The van der Waals surface area contributed by atoms with Gasteiger partial charge in [-0.25, -0.2) is 9.97 Å². The van der Waals surface area contributed by atoms with E-state index in [1.165, 1.54) is 0 Å². The van der Waals surface area contributed by atoms with E-state index in [0.717, 1.165) is 16.8 Å². The van der Waals surface area contributed by atoms with Crippen molar-refractivity contribution >= 4 is 22.8 Å². The highest BCUT2D eigenvalue weighted by Gasteiger charge is 2.03. The molecule has 0 aliphatic rings. The Kier molecular flexibility index (Phi) is 2.42. The quantitative estimate of drug-likeness (QED) is 0.616. The van der Waals surface area contributed by atoms with Crippen LogP contribution in [-0.2, 0) is 0 Å². The summed E-state index contributed by atoms with van der Waals surface area (Å²) >= 11 is 5.83. The molecule has 5 heteroatoms. The first-order valence-electron chi connectivity index (χ1n) is 5.02. The summed E-state index contributed by atoms with van der Waals surface area (Å²) in [5.41, 5.74) is 2.99. The summed E-state index contributed by atoms with van der Waals surface area (Å²) in [6.07, 6.45) is 5.15. The minimum atomic E-state index is 0.415. The lowest BCUT2D eigenvalue weighted by molar-refractivity contribution is 1.22. The maximum atomic E-state index is 5.83. The second-order valence-electron chi connectivity index (χ2n) is 3.47. The van der Waals surface area contributed by atoms with Crippen molar-refractivity contribution in [1.82, 2.24) is 19.9 Å². The minimum absolute atomic E-state index is 0.415. The highest BCUT2D eigenvalue weighted by molar-refractivity contribution is 6.29. The van der Waals surface area contributed by atoms with E-state index < -0.39 is 0 Å². The molecule has 0 amide bonds. The average Bonchev–Trinajstić information content (AvgIpc) is 2.39. The molecule has 4 nitrogen and oxygen atoms in total. The predicted molar refractivity (Wildman–Crippen MR) is 65.6 cm³/mol. The lowest BCUT2D eigenvalue weighted by Crippen LogP contribution is -1.91. The third-order valence-electron chi connectivity index (χ3n) is 2.35. The molecule has 82 valence electrons. The van der Waals surface area contributed by atoms with E-state index >= 15 is 0 Å². The molecule has 0 saturated carbocycles. The maximum Gasteiger partial charge on any atom is 0.180 e. The molecule has 3 aromatic rings. The van der Waals surface area contributed by atoms with Crippen LogP contribution in [-0.4, -0.2) is 19.9 Å². The predicted octanol–water partition coefficient (Wildman–Crippen LogP) is 2.74. The highest BCUT2D eigenvalue weighted by Crippen LogP contribution is 2.18. The second kappa shape index (κ2) is 4.07. The largest absolute Gasteiger partial charge is 0.265 e. The van der Waals surface area contributed by atoms with Crippen LogP contribution >= 0.6 is 11.6 Å². The monoisotopic (exact) mass is 242 g/mol. The van der Waals surface area contributed by atoms with Crippen LogP contribution in [0.3, 0.4) is 0 Å². The maximum absolute atomic E-state index is 5.83. The van der Waals surface area contributed by atoms with Gasteiger partial charge in [-0.15, -0.1) is 0 Å². The van der Waals surface area contributed by atoms with Crippen molar-refractivity contribution in [1.29, 1.82) is 0 Å². The molecule has 3 heterocycles. The summed E-state index contributed by atoms with van der Waals surface area (Å²) in [5.74, 6) is 0. The smallest absolute Gasteiger partial charge is 0.180 e. The zero-order valence-electron chi connectivity index (χ0n) is 8.71. The number of halogens is 1. The highest BCUT2D eigenvalue weighted by atomic mass is 35.5. The van der Waals surface area contributed by atoms with Crippen molar-refractivity contribution in [2.45, 2.75) is 0 Å². The molecule has 17 heavy (non-hydrogen) atoms. The summed E-state index contributed by atoms with van der Waals surface area (Å²) in [7, 11) is 0. The lowest BCUT2D eigenvalue weighted by Gasteiger charge is -2.01. The number of fused-ring (bicyclic) bond motifs is 1. The SMILES string of the molecule is Clc1ccc2ncc(-c3ccncc3)nc2n1. The fourth-order valence-electron chi connectivity index (χ4n) is 1.54. The zero-order chi connectivity index (χ0) is 11.7. The summed E-state index contributed by atoms with van der Waals surface area (Å²) in [5, 5.41) is 0.415. The van der Waals surface area contributed by atoms with Gasteiger partial charge in [0, 0.05) is 18.0 Å². The zero-order valence-corrected chi connectivity index (χ0v) is 9.46. The molecule has 3 rings (SSSR count). The molecule has 0 aliphatic carbocycles. The van der Waals surface area contributed by atoms with Gasteiger partial charge in [-0.3, -0.25) is 9.97 Å². The van der Waals surface area contributed by atoms with Gasteiger partial charge in [0.1, 0.15) is 10.7 Å². The van der Waals surface area contributed by atoms with Gasteiger partial charge < -0.3 is 0 Å². The number of aromatic nitrogens is 4. The van der Waals surface area contributed by atoms with Crippen molar-refractivity contribution in [2.24, 2.45) is 0 Å². The molecule has 0 aliphatic heterocycles. The molecule has 0 aromatic carbocycles. The molecule has 0 fully saturated rings. The van der Waals surface area contributed by atoms with Crippen LogP contribution in [0.5, 0.6) is 0 Å². The molecule has 0 saturated heterocycles. The van der Waals surface area contributed by atoms with Gasteiger partial charge in [-0.05, 0) is 24.3 Å². The average molecular weight is 243 g/mol. The van der Waals surface area contributed by atoms with Crippen LogP contribution in [0.2, 0.25) is 5.15 Å². The fraction of sp³-hybridized carbons (Fsp3) is 0. The van der Waals surface area contributed by atoms with Gasteiger partial charge in [0.2, 0.25) is 0 Å². The minimum Gasteiger partial charge on any atom is -0.265 e. The fourth-order valence-corrected chi connectivity index (χ4v) is 1.68. The van der Waals surface area contributed by atoms with E-state index in [-0.39, 0.29) is 0 Å². The molecule has 0 N–H and O–H groups in total. The number of hydrogen-bond acceptors (Lipinski definition) is 4. The topological polar surface area (TPSA) is 51.6 Å².